The molecule has 1 aliphatic carbocycles. The Hall–Kier alpha value is -2.80. The second-order valence-electron chi connectivity index (χ2n) is 12.4. The molecular weight excluding hydrogens is 577 g/mol. The number of ether oxygens (including phenoxy) is 1. The summed E-state index contributed by atoms with van der Waals surface area (Å²) in [6.07, 6.45) is 5.28. The van der Waals surface area contributed by atoms with Gasteiger partial charge in [-0.15, -0.1) is 0 Å². The molecule has 0 aromatic heterocycles. The summed E-state index contributed by atoms with van der Waals surface area (Å²) in [4.78, 5) is 28.2. The Morgan fingerprint density at radius 2 is 1.86 bits per heavy atom. The van der Waals surface area contributed by atoms with E-state index < -0.39 is 45.0 Å². The summed E-state index contributed by atoms with van der Waals surface area (Å²) in [5, 5.41) is 20.6. The van der Waals surface area contributed by atoms with Gasteiger partial charge < -0.3 is 24.7 Å². The first kappa shape index (κ1) is 33.1. The van der Waals surface area contributed by atoms with Gasteiger partial charge in [0.25, 0.3) is 0 Å². The molecule has 1 aromatic rings. The molecule has 1 saturated carbocycles. The minimum Gasteiger partial charge on any atom is -0.465 e. The molecule has 12 heteroatoms. The van der Waals surface area contributed by atoms with Crippen LogP contribution in [0.5, 0.6) is 0 Å². The molecule has 6 atom stereocenters. The third-order valence-corrected chi connectivity index (χ3v) is 10.2. The first-order valence-electron chi connectivity index (χ1n) is 15.0. The molecule has 1 saturated heterocycles. The zero-order valence-electron chi connectivity index (χ0n) is 25.3. The van der Waals surface area contributed by atoms with Gasteiger partial charge in [0, 0.05) is 37.5 Å². The van der Waals surface area contributed by atoms with Crippen molar-refractivity contribution in [1.82, 2.24) is 14.5 Å². The summed E-state index contributed by atoms with van der Waals surface area (Å²) in [6.45, 7) is 7.32. The fourth-order valence-corrected chi connectivity index (χ4v) is 7.39. The topological polar surface area (TPSA) is 136 Å². The number of carbonyl (C=O) groups excluding carboxylic acids is 1. The lowest BCUT2D eigenvalue weighted by atomic mass is 9.80. The first-order chi connectivity index (χ1) is 20.2. The molecular formula is C31H44FN3O7S. The summed E-state index contributed by atoms with van der Waals surface area (Å²) in [7, 11) is -1.99. The number of aliphatic hydroxyl groups excluding tert-OH is 1. The summed E-state index contributed by atoms with van der Waals surface area (Å²) in [6, 6.07) is 3.45. The lowest BCUT2D eigenvalue weighted by Crippen LogP contribution is -2.57. The maximum Gasteiger partial charge on any atom is 0.407 e. The maximum atomic E-state index is 14.9. The number of esters is 1. The number of benzene rings is 1. The van der Waals surface area contributed by atoms with E-state index in [9.17, 15) is 32.6 Å². The quantitative estimate of drug-likeness (QED) is 0.322. The standard InChI is InChI=1S/C31H44FN3O7S/c1-19-5-10-24(36)17-29(37)42-30(20(2)6-11-25(19)27-18-34(4)13-14-35(27)31(38)39)21(3)15-22-7-12-28(26(32)16-22)43(40,41)33-23-8-9-23/h6-7,11-12,15-16,19-20,23-25,27,30,33,36H,5,8-10,13-14,17-18H2,1-4H3,(H,38,39)/b11-6+,21-15+/t19-,20-,24+,25-,27?,30-/m0/s1. The monoisotopic (exact) mass is 621 g/mol. The number of nitrogens with zero attached hydrogens (tertiary/aromatic N) is 2. The second kappa shape index (κ2) is 13.9. The van der Waals surface area contributed by atoms with E-state index in [1.165, 1.54) is 17.0 Å². The van der Waals surface area contributed by atoms with Crippen LogP contribution in [0.15, 0.2) is 40.8 Å². The van der Waals surface area contributed by atoms with Crippen LogP contribution in [-0.4, -0.2) is 91.5 Å². The highest BCUT2D eigenvalue weighted by Gasteiger charge is 2.37. The smallest absolute Gasteiger partial charge is 0.407 e. The molecule has 1 amide bonds. The van der Waals surface area contributed by atoms with Gasteiger partial charge in [-0.25, -0.2) is 22.3 Å². The highest BCUT2D eigenvalue weighted by Crippen LogP contribution is 2.32. The molecule has 1 aromatic carbocycles. The predicted molar refractivity (Wildman–Crippen MR) is 160 cm³/mol. The SMILES string of the molecule is C/C(=C\c1ccc(S(=O)(=O)NC2CC2)c(F)c1)[C@H]1OC(=O)C[C@H](O)CC[C@H](C)[C@@H](C2CN(C)CCN2C(=O)O)/C=C/[C@@H]1C. The summed E-state index contributed by atoms with van der Waals surface area (Å²) < 4.78 is 48.3. The molecule has 2 aliphatic heterocycles. The molecule has 3 N–H and O–H groups in total. The van der Waals surface area contributed by atoms with Crippen molar-refractivity contribution in [1.29, 1.82) is 0 Å². The number of likely N-dealkylation sites (N-methyl/N-ethyl adjacent to an activating group) is 1. The van der Waals surface area contributed by atoms with Gasteiger partial charge in [-0.3, -0.25) is 4.79 Å². The van der Waals surface area contributed by atoms with Crippen LogP contribution in [0.25, 0.3) is 6.08 Å². The van der Waals surface area contributed by atoms with Crippen LogP contribution in [-0.2, 0) is 19.6 Å². The predicted octanol–water partition coefficient (Wildman–Crippen LogP) is 3.86. The van der Waals surface area contributed by atoms with Crippen molar-refractivity contribution in [2.24, 2.45) is 17.8 Å². The van der Waals surface area contributed by atoms with Gasteiger partial charge in [0.1, 0.15) is 16.8 Å². The van der Waals surface area contributed by atoms with Crippen molar-refractivity contribution in [2.75, 3.05) is 26.7 Å². The lowest BCUT2D eigenvalue weighted by molar-refractivity contribution is -0.151. The fraction of sp³-hybridized carbons (Fsp3) is 0.613. The van der Waals surface area contributed by atoms with Crippen LogP contribution in [0.4, 0.5) is 9.18 Å². The van der Waals surface area contributed by atoms with Crippen LogP contribution in [0.3, 0.4) is 0 Å². The highest BCUT2D eigenvalue weighted by atomic mass is 32.2. The summed E-state index contributed by atoms with van der Waals surface area (Å²) in [5.41, 5.74) is 1.02. The van der Waals surface area contributed by atoms with Crippen LogP contribution in [0.2, 0.25) is 0 Å². The number of amides is 1. The lowest BCUT2D eigenvalue weighted by Gasteiger charge is -2.43. The molecule has 10 nitrogen and oxygen atoms in total. The van der Waals surface area contributed by atoms with Crippen molar-refractivity contribution >= 4 is 28.2 Å². The second-order valence-corrected chi connectivity index (χ2v) is 14.1. The van der Waals surface area contributed by atoms with E-state index in [2.05, 4.69) is 9.62 Å². The van der Waals surface area contributed by atoms with Crippen molar-refractivity contribution in [2.45, 2.75) is 82.1 Å². The van der Waals surface area contributed by atoms with E-state index >= 15 is 0 Å². The fourth-order valence-electron chi connectivity index (χ4n) is 6.02. The highest BCUT2D eigenvalue weighted by molar-refractivity contribution is 7.89. The molecule has 238 valence electrons. The van der Waals surface area contributed by atoms with Gasteiger partial charge >= 0.3 is 12.1 Å². The number of cyclic esters (lactones) is 1. The van der Waals surface area contributed by atoms with Crippen LogP contribution in [0.1, 0.15) is 58.4 Å². The number of halogens is 1. The van der Waals surface area contributed by atoms with Gasteiger partial charge in [0.05, 0.1) is 18.6 Å². The van der Waals surface area contributed by atoms with Gasteiger partial charge in [-0.1, -0.05) is 38.1 Å². The first-order valence-corrected chi connectivity index (χ1v) is 16.5. The number of carboxylic acid groups (broad SMARTS) is 1. The zero-order valence-corrected chi connectivity index (χ0v) is 26.1. The number of hydrogen-bond acceptors (Lipinski definition) is 7. The van der Waals surface area contributed by atoms with E-state index in [1.54, 1.807) is 13.0 Å². The molecule has 3 aliphatic rings. The van der Waals surface area contributed by atoms with Crippen molar-refractivity contribution in [3.8, 4) is 0 Å². The number of sulfonamides is 1. The molecule has 4 rings (SSSR count). The van der Waals surface area contributed by atoms with E-state index in [1.807, 2.05) is 33.0 Å². The average molecular weight is 622 g/mol. The molecule has 43 heavy (non-hydrogen) atoms. The number of rotatable bonds is 6. The molecule has 0 bridgehead atoms. The summed E-state index contributed by atoms with van der Waals surface area (Å²) >= 11 is 0. The van der Waals surface area contributed by atoms with E-state index in [4.69, 9.17) is 4.74 Å². The van der Waals surface area contributed by atoms with Gasteiger partial charge in [-0.05, 0) is 68.8 Å². The van der Waals surface area contributed by atoms with Crippen molar-refractivity contribution in [3.63, 3.8) is 0 Å². The minimum absolute atomic E-state index is 0.0363. The Bertz CT molecular complexity index is 1350. The molecule has 2 heterocycles. The number of hydrogen-bond donors (Lipinski definition) is 3. The Morgan fingerprint density at radius 1 is 1.14 bits per heavy atom. The third kappa shape index (κ3) is 8.65. The van der Waals surface area contributed by atoms with Crippen LogP contribution >= 0.6 is 0 Å². The minimum atomic E-state index is -3.96. The van der Waals surface area contributed by atoms with Crippen molar-refractivity contribution < 1.29 is 37.3 Å². The average Bonchev–Trinajstić information content (AvgIpc) is 3.73. The van der Waals surface area contributed by atoms with Crippen LogP contribution in [0, 0.1) is 23.6 Å². The number of carbonyl (C=O) groups is 2. The molecule has 1 unspecified atom stereocenters. The third-order valence-electron chi connectivity index (χ3n) is 8.69. The number of nitrogens with one attached hydrogen (secondary N) is 1. The maximum absolute atomic E-state index is 14.9. The Labute approximate surface area is 253 Å². The Kier molecular flexibility index (Phi) is 10.7. The molecule has 0 spiro atoms. The number of piperazine rings is 1. The molecule has 0 radical (unpaired) electrons. The van der Waals surface area contributed by atoms with E-state index in [0.29, 0.717) is 43.6 Å². The van der Waals surface area contributed by atoms with E-state index in [-0.39, 0.29) is 36.3 Å². The summed E-state index contributed by atoms with van der Waals surface area (Å²) in [5.74, 6) is -1.87. The largest absolute Gasteiger partial charge is 0.465 e. The molecule has 2 fully saturated rings. The van der Waals surface area contributed by atoms with Crippen LogP contribution < -0.4 is 4.72 Å². The normalized spacial score (nSPS) is 31.1. The Morgan fingerprint density at radius 3 is 2.51 bits per heavy atom. The van der Waals surface area contributed by atoms with Crippen molar-refractivity contribution in [3.05, 3.63) is 47.3 Å². The van der Waals surface area contributed by atoms with Gasteiger partial charge in [-0.2, -0.15) is 0 Å². The van der Waals surface area contributed by atoms with E-state index in [0.717, 1.165) is 18.9 Å². The van der Waals surface area contributed by atoms with Gasteiger partial charge in [0.15, 0.2) is 0 Å². The Balaban J connectivity index is 1.63. The number of aliphatic hydroxyl groups is 1. The van der Waals surface area contributed by atoms with Gasteiger partial charge in [0.2, 0.25) is 10.0 Å². The zero-order chi connectivity index (χ0) is 31.5.